The number of hydrogen-bond donors (Lipinski definition) is 3. The number of carboxylic acids is 1. The molecule has 24 heavy (non-hydrogen) atoms. The lowest BCUT2D eigenvalue weighted by atomic mass is 10.1. The summed E-state index contributed by atoms with van der Waals surface area (Å²) in [7, 11) is -3.51. The first-order valence-corrected chi connectivity index (χ1v) is 9.45. The van der Waals surface area contributed by atoms with E-state index in [4.69, 9.17) is 5.11 Å². The molecule has 0 aliphatic carbocycles. The molecule has 1 aromatic rings. The number of nitrogens with one attached hydrogen (secondary N) is 2. The van der Waals surface area contributed by atoms with Gasteiger partial charge in [0.1, 0.15) is 0 Å². The molecule has 0 heterocycles. The maximum Gasteiger partial charge on any atom is 0.303 e. The van der Waals surface area contributed by atoms with E-state index >= 15 is 0 Å². The van der Waals surface area contributed by atoms with Gasteiger partial charge in [0, 0.05) is 25.1 Å². The Labute approximate surface area is 142 Å². The molecule has 134 valence electrons. The van der Waals surface area contributed by atoms with E-state index in [9.17, 15) is 18.0 Å². The fraction of sp³-hybridized carbons (Fsp3) is 0.500. The van der Waals surface area contributed by atoms with Gasteiger partial charge in [-0.15, -0.1) is 0 Å². The fourth-order valence-corrected chi connectivity index (χ4v) is 3.16. The van der Waals surface area contributed by atoms with Crippen LogP contribution in [0.4, 0.5) is 0 Å². The van der Waals surface area contributed by atoms with Gasteiger partial charge in [0.05, 0.1) is 4.90 Å². The average molecular weight is 356 g/mol. The zero-order valence-electron chi connectivity index (χ0n) is 13.7. The predicted molar refractivity (Wildman–Crippen MR) is 90.4 cm³/mol. The third-order valence-electron chi connectivity index (χ3n) is 3.36. The first-order valence-electron chi connectivity index (χ1n) is 7.96. The first kappa shape index (κ1) is 20.1. The summed E-state index contributed by atoms with van der Waals surface area (Å²) < 4.78 is 26.0. The molecule has 1 aromatic carbocycles. The topological polar surface area (TPSA) is 113 Å². The largest absolute Gasteiger partial charge is 0.481 e. The number of carbonyl (C=O) groups excluding carboxylic acids is 1. The molecule has 0 aromatic heterocycles. The molecule has 0 aliphatic heterocycles. The summed E-state index contributed by atoms with van der Waals surface area (Å²) in [4.78, 5) is 22.4. The molecule has 0 atom stereocenters. The van der Waals surface area contributed by atoms with E-state index in [1.54, 1.807) is 6.92 Å². The van der Waals surface area contributed by atoms with Crippen LogP contribution in [0.2, 0.25) is 0 Å². The molecule has 0 fully saturated rings. The van der Waals surface area contributed by atoms with Crippen molar-refractivity contribution in [3.63, 3.8) is 0 Å². The van der Waals surface area contributed by atoms with Crippen LogP contribution in [0, 0.1) is 0 Å². The zero-order chi connectivity index (χ0) is 18.0. The van der Waals surface area contributed by atoms with Crippen molar-refractivity contribution in [3.8, 4) is 0 Å². The summed E-state index contributed by atoms with van der Waals surface area (Å²) in [6.07, 6.45) is 3.27. The number of carboxylic acid groups (broad SMARTS) is 1. The third-order valence-corrected chi connectivity index (χ3v) is 4.93. The van der Waals surface area contributed by atoms with Crippen LogP contribution < -0.4 is 10.0 Å². The fourth-order valence-electron chi connectivity index (χ4n) is 2.12. The molecule has 1 amide bonds. The van der Waals surface area contributed by atoms with E-state index in [1.165, 1.54) is 24.3 Å². The van der Waals surface area contributed by atoms with Crippen LogP contribution in [0.5, 0.6) is 0 Å². The molecule has 1 rings (SSSR count). The van der Waals surface area contributed by atoms with Gasteiger partial charge in [-0.25, -0.2) is 13.1 Å². The standard InChI is InChI=1S/C16H24N2O5S/c1-2-18-24(22,23)14-10-8-13(9-11-14)16(21)17-12-6-4-3-5-7-15(19)20/h8-11,18H,2-7,12H2,1H3,(H,17,21)(H,19,20). The van der Waals surface area contributed by atoms with Gasteiger partial charge in [0.15, 0.2) is 0 Å². The Hall–Kier alpha value is -1.93. The lowest BCUT2D eigenvalue weighted by Crippen LogP contribution is -2.25. The van der Waals surface area contributed by atoms with Crippen LogP contribution >= 0.6 is 0 Å². The molecule has 3 N–H and O–H groups in total. The van der Waals surface area contributed by atoms with Gasteiger partial charge in [0.2, 0.25) is 10.0 Å². The number of carbonyl (C=O) groups is 2. The molecule has 0 unspecified atom stereocenters. The molecule has 0 bridgehead atoms. The molecule has 8 heteroatoms. The van der Waals surface area contributed by atoms with Crippen molar-refractivity contribution in [3.05, 3.63) is 29.8 Å². The van der Waals surface area contributed by atoms with Crippen molar-refractivity contribution in [1.29, 1.82) is 0 Å². The van der Waals surface area contributed by atoms with Crippen molar-refractivity contribution < 1.29 is 23.1 Å². The number of hydrogen-bond acceptors (Lipinski definition) is 4. The van der Waals surface area contributed by atoms with E-state index in [0.717, 1.165) is 19.3 Å². The number of amides is 1. The number of benzene rings is 1. The summed E-state index contributed by atoms with van der Waals surface area (Å²) in [6, 6.07) is 5.76. The summed E-state index contributed by atoms with van der Waals surface area (Å²) in [5.74, 6) is -1.05. The zero-order valence-corrected chi connectivity index (χ0v) is 14.6. The Bertz CT molecular complexity index is 641. The Kier molecular flexibility index (Phi) is 8.42. The van der Waals surface area contributed by atoms with E-state index in [0.29, 0.717) is 25.1 Å². The van der Waals surface area contributed by atoms with Gasteiger partial charge in [-0.3, -0.25) is 9.59 Å². The second-order valence-electron chi connectivity index (χ2n) is 5.34. The smallest absolute Gasteiger partial charge is 0.303 e. The highest BCUT2D eigenvalue weighted by molar-refractivity contribution is 7.89. The average Bonchev–Trinajstić information content (AvgIpc) is 2.53. The molecule has 0 aliphatic rings. The van der Waals surface area contributed by atoms with Crippen LogP contribution in [-0.4, -0.2) is 38.5 Å². The summed E-state index contributed by atoms with van der Waals surface area (Å²) >= 11 is 0. The van der Waals surface area contributed by atoms with Crippen molar-refractivity contribution in [2.75, 3.05) is 13.1 Å². The quantitative estimate of drug-likeness (QED) is 0.523. The summed E-state index contributed by atoms with van der Waals surface area (Å²) in [5.41, 5.74) is 0.399. The van der Waals surface area contributed by atoms with E-state index in [-0.39, 0.29) is 17.2 Å². The summed E-state index contributed by atoms with van der Waals surface area (Å²) in [6.45, 7) is 2.50. The Morgan fingerprint density at radius 3 is 2.25 bits per heavy atom. The third kappa shape index (κ3) is 7.10. The number of rotatable bonds is 11. The van der Waals surface area contributed by atoms with E-state index in [2.05, 4.69) is 10.0 Å². The van der Waals surface area contributed by atoms with Gasteiger partial charge >= 0.3 is 5.97 Å². The highest BCUT2D eigenvalue weighted by Crippen LogP contribution is 2.10. The highest BCUT2D eigenvalue weighted by Gasteiger charge is 2.13. The first-order chi connectivity index (χ1) is 11.4. The molecule has 7 nitrogen and oxygen atoms in total. The van der Waals surface area contributed by atoms with Gasteiger partial charge in [-0.1, -0.05) is 19.8 Å². The molecule has 0 saturated heterocycles. The van der Waals surface area contributed by atoms with Crippen LogP contribution in [0.1, 0.15) is 49.4 Å². The Balaban J connectivity index is 2.37. The second-order valence-corrected chi connectivity index (χ2v) is 7.11. The molecule has 0 spiro atoms. The van der Waals surface area contributed by atoms with Crippen LogP contribution in [-0.2, 0) is 14.8 Å². The SMILES string of the molecule is CCNS(=O)(=O)c1ccc(C(=O)NCCCCCCC(=O)O)cc1. The van der Waals surface area contributed by atoms with E-state index in [1.807, 2.05) is 0 Å². The maximum absolute atomic E-state index is 12.0. The molecular formula is C16H24N2O5S. The van der Waals surface area contributed by atoms with Crippen LogP contribution in [0.3, 0.4) is 0 Å². The molecular weight excluding hydrogens is 332 g/mol. The minimum Gasteiger partial charge on any atom is -0.481 e. The maximum atomic E-state index is 12.0. The second kappa shape index (κ2) is 10.0. The molecule has 0 saturated carbocycles. The van der Waals surface area contributed by atoms with Gasteiger partial charge < -0.3 is 10.4 Å². The van der Waals surface area contributed by atoms with Gasteiger partial charge in [0.25, 0.3) is 5.91 Å². The van der Waals surface area contributed by atoms with Crippen molar-refractivity contribution in [1.82, 2.24) is 10.0 Å². The van der Waals surface area contributed by atoms with Crippen LogP contribution in [0.25, 0.3) is 0 Å². The van der Waals surface area contributed by atoms with Gasteiger partial charge in [-0.05, 0) is 37.1 Å². The lowest BCUT2D eigenvalue weighted by Gasteiger charge is -2.07. The van der Waals surface area contributed by atoms with Crippen LogP contribution in [0.15, 0.2) is 29.2 Å². The lowest BCUT2D eigenvalue weighted by molar-refractivity contribution is -0.137. The number of sulfonamides is 1. The van der Waals surface area contributed by atoms with Crippen molar-refractivity contribution in [2.24, 2.45) is 0 Å². The minimum absolute atomic E-state index is 0.124. The summed E-state index contributed by atoms with van der Waals surface area (Å²) in [5, 5.41) is 11.3. The highest BCUT2D eigenvalue weighted by atomic mass is 32.2. The van der Waals surface area contributed by atoms with Crippen molar-refractivity contribution in [2.45, 2.75) is 43.9 Å². The van der Waals surface area contributed by atoms with E-state index < -0.39 is 16.0 Å². The monoisotopic (exact) mass is 356 g/mol. The van der Waals surface area contributed by atoms with Crippen molar-refractivity contribution >= 4 is 21.9 Å². The van der Waals surface area contributed by atoms with Gasteiger partial charge in [-0.2, -0.15) is 0 Å². The Morgan fingerprint density at radius 1 is 1.04 bits per heavy atom. The minimum atomic E-state index is -3.51. The Morgan fingerprint density at radius 2 is 1.67 bits per heavy atom. The number of aliphatic carboxylic acids is 1. The predicted octanol–water partition coefficient (Wildman–Crippen LogP) is 1.75. The number of unbranched alkanes of at least 4 members (excludes halogenated alkanes) is 3. The molecule has 0 radical (unpaired) electrons. The normalized spacial score (nSPS) is 11.2.